The van der Waals surface area contributed by atoms with E-state index in [2.05, 4.69) is 30.3 Å². The molecule has 0 atom stereocenters. The van der Waals surface area contributed by atoms with Crippen LogP contribution in [0.25, 0.3) is 6.08 Å². The van der Waals surface area contributed by atoms with Crippen molar-refractivity contribution >= 4 is 12.0 Å². The van der Waals surface area contributed by atoms with Crippen molar-refractivity contribution in [3.63, 3.8) is 0 Å². The Morgan fingerprint density at radius 3 is 2.40 bits per heavy atom. The van der Waals surface area contributed by atoms with Gasteiger partial charge in [-0.05, 0) is 54.5 Å². The van der Waals surface area contributed by atoms with Crippen LogP contribution >= 0.6 is 0 Å². The second-order valence-corrected chi connectivity index (χ2v) is 6.56. The monoisotopic (exact) mass is 335 g/mol. The second-order valence-electron chi connectivity index (χ2n) is 6.56. The third-order valence-corrected chi connectivity index (χ3v) is 4.83. The molecule has 1 heterocycles. The van der Waals surface area contributed by atoms with E-state index in [1.54, 1.807) is 13.2 Å². The summed E-state index contributed by atoms with van der Waals surface area (Å²) in [6, 6.07) is 18.3. The molecule has 0 aromatic heterocycles. The van der Waals surface area contributed by atoms with Gasteiger partial charge in [0.05, 0.1) is 7.11 Å². The van der Waals surface area contributed by atoms with Gasteiger partial charge in [0, 0.05) is 19.2 Å². The standard InChI is InChI=1S/C22H25NO2/c1-25-21-10-7-18(8-11-21)9-12-22(24)23-15-13-20(14-16-23)17-19-5-3-2-4-6-19/h2-12,20H,13-17H2,1H3. The molecule has 3 nitrogen and oxygen atoms in total. The zero-order chi connectivity index (χ0) is 17.5. The Balaban J connectivity index is 1.48. The van der Waals surface area contributed by atoms with Gasteiger partial charge in [-0.3, -0.25) is 4.79 Å². The summed E-state index contributed by atoms with van der Waals surface area (Å²) in [5.41, 5.74) is 2.40. The first-order chi connectivity index (χ1) is 12.2. The zero-order valence-electron chi connectivity index (χ0n) is 14.7. The van der Waals surface area contributed by atoms with Crippen LogP contribution in [-0.2, 0) is 11.2 Å². The quantitative estimate of drug-likeness (QED) is 0.767. The maximum absolute atomic E-state index is 12.4. The lowest BCUT2D eigenvalue weighted by Gasteiger charge is -2.31. The van der Waals surface area contributed by atoms with E-state index in [0.29, 0.717) is 5.92 Å². The molecule has 1 saturated heterocycles. The van der Waals surface area contributed by atoms with Gasteiger partial charge in [0.15, 0.2) is 0 Å². The first-order valence-electron chi connectivity index (χ1n) is 8.89. The van der Waals surface area contributed by atoms with Crippen LogP contribution in [0.3, 0.4) is 0 Å². The number of piperidine rings is 1. The number of nitrogens with zero attached hydrogens (tertiary/aromatic N) is 1. The van der Waals surface area contributed by atoms with E-state index in [0.717, 1.165) is 43.7 Å². The summed E-state index contributed by atoms with van der Waals surface area (Å²) >= 11 is 0. The van der Waals surface area contributed by atoms with E-state index in [1.807, 2.05) is 35.2 Å². The maximum atomic E-state index is 12.4. The summed E-state index contributed by atoms with van der Waals surface area (Å²) in [4.78, 5) is 14.3. The lowest BCUT2D eigenvalue weighted by atomic mass is 9.90. The maximum Gasteiger partial charge on any atom is 0.246 e. The van der Waals surface area contributed by atoms with Crippen molar-refractivity contribution in [1.29, 1.82) is 0 Å². The highest BCUT2D eigenvalue weighted by atomic mass is 16.5. The zero-order valence-corrected chi connectivity index (χ0v) is 14.7. The first-order valence-corrected chi connectivity index (χ1v) is 8.89. The van der Waals surface area contributed by atoms with Crippen molar-refractivity contribution in [3.8, 4) is 5.75 Å². The number of carbonyl (C=O) groups excluding carboxylic acids is 1. The Kier molecular flexibility index (Phi) is 5.89. The average molecular weight is 335 g/mol. The molecule has 25 heavy (non-hydrogen) atoms. The highest BCUT2D eigenvalue weighted by Crippen LogP contribution is 2.22. The predicted molar refractivity (Wildman–Crippen MR) is 101 cm³/mol. The number of hydrogen-bond donors (Lipinski definition) is 0. The van der Waals surface area contributed by atoms with E-state index in [1.165, 1.54) is 5.56 Å². The van der Waals surface area contributed by atoms with Gasteiger partial charge in [-0.2, -0.15) is 0 Å². The van der Waals surface area contributed by atoms with Gasteiger partial charge in [-0.15, -0.1) is 0 Å². The van der Waals surface area contributed by atoms with Crippen molar-refractivity contribution in [2.45, 2.75) is 19.3 Å². The molecule has 0 spiro atoms. The van der Waals surface area contributed by atoms with Crippen molar-refractivity contribution in [3.05, 3.63) is 71.8 Å². The minimum absolute atomic E-state index is 0.106. The molecule has 3 rings (SSSR count). The van der Waals surface area contributed by atoms with Crippen molar-refractivity contribution in [2.24, 2.45) is 5.92 Å². The van der Waals surface area contributed by atoms with Gasteiger partial charge in [0.2, 0.25) is 5.91 Å². The molecule has 1 amide bonds. The van der Waals surface area contributed by atoms with Crippen molar-refractivity contribution < 1.29 is 9.53 Å². The molecule has 130 valence electrons. The topological polar surface area (TPSA) is 29.5 Å². The molecule has 0 N–H and O–H groups in total. The van der Waals surface area contributed by atoms with Crippen LogP contribution < -0.4 is 4.74 Å². The Morgan fingerprint density at radius 2 is 1.76 bits per heavy atom. The minimum Gasteiger partial charge on any atom is -0.497 e. The molecule has 2 aromatic carbocycles. The fourth-order valence-electron chi connectivity index (χ4n) is 3.29. The lowest BCUT2D eigenvalue weighted by Crippen LogP contribution is -2.37. The summed E-state index contributed by atoms with van der Waals surface area (Å²) in [5, 5.41) is 0. The molecule has 2 aromatic rings. The predicted octanol–water partition coefficient (Wildman–Crippen LogP) is 4.19. The number of ether oxygens (including phenoxy) is 1. The van der Waals surface area contributed by atoms with Crippen LogP contribution in [0, 0.1) is 5.92 Å². The third kappa shape index (κ3) is 4.96. The molecule has 1 fully saturated rings. The smallest absolute Gasteiger partial charge is 0.246 e. The number of carbonyl (C=O) groups is 1. The second kappa shape index (κ2) is 8.52. The Hall–Kier alpha value is -2.55. The molecular weight excluding hydrogens is 310 g/mol. The number of benzene rings is 2. The molecule has 1 aliphatic rings. The van der Waals surface area contributed by atoms with E-state index >= 15 is 0 Å². The van der Waals surface area contributed by atoms with Crippen LogP contribution in [0.2, 0.25) is 0 Å². The SMILES string of the molecule is COc1ccc(C=CC(=O)N2CCC(Cc3ccccc3)CC2)cc1. The summed E-state index contributed by atoms with van der Waals surface area (Å²) < 4.78 is 5.14. The van der Waals surface area contributed by atoms with Crippen LogP contribution in [-0.4, -0.2) is 31.0 Å². The average Bonchev–Trinajstić information content (AvgIpc) is 2.68. The van der Waals surface area contributed by atoms with Crippen LogP contribution in [0.4, 0.5) is 0 Å². The fraction of sp³-hybridized carbons (Fsp3) is 0.318. The van der Waals surface area contributed by atoms with Crippen molar-refractivity contribution in [1.82, 2.24) is 4.90 Å². The number of methoxy groups -OCH3 is 1. The summed E-state index contributed by atoms with van der Waals surface area (Å²) in [6.45, 7) is 1.70. The Morgan fingerprint density at radius 1 is 1.08 bits per heavy atom. The molecule has 0 unspecified atom stereocenters. The van der Waals surface area contributed by atoms with E-state index in [4.69, 9.17) is 4.74 Å². The first kappa shape index (κ1) is 17.3. The largest absolute Gasteiger partial charge is 0.497 e. The van der Waals surface area contributed by atoms with Crippen molar-refractivity contribution in [2.75, 3.05) is 20.2 Å². The van der Waals surface area contributed by atoms with Crippen LogP contribution in [0.15, 0.2) is 60.7 Å². The van der Waals surface area contributed by atoms with Crippen LogP contribution in [0.1, 0.15) is 24.0 Å². The Bertz CT molecular complexity index is 699. The Labute approximate surface area is 149 Å². The summed E-state index contributed by atoms with van der Waals surface area (Å²) in [5.74, 6) is 1.61. The summed E-state index contributed by atoms with van der Waals surface area (Å²) in [6.07, 6.45) is 6.83. The van der Waals surface area contributed by atoms with Gasteiger partial charge < -0.3 is 9.64 Å². The van der Waals surface area contributed by atoms with Gasteiger partial charge in [-0.1, -0.05) is 42.5 Å². The lowest BCUT2D eigenvalue weighted by molar-refractivity contribution is -0.127. The highest BCUT2D eigenvalue weighted by molar-refractivity contribution is 5.91. The van der Waals surface area contributed by atoms with Gasteiger partial charge in [-0.25, -0.2) is 0 Å². The molecule has 0 bridgehead atoms. The van der Waals surface area contributed by atoms with Gasteiger partial charge >= 0.3 is 0 Å². The number of likely N-dealkylation sites (tertiary alicyclic amines) is 1. The molecule has 0 radical (unpaired) electrons. The minimum atomic E-state index is 0.106. The van der Waals surface area contributed by atoms with E-state index < -0.39 is 0 Å². The molecule has 0 aliphatic carbocycles. The fourth-order valence-corrected chi connectivity index (χ4v) is 3.29. The number of hydrogen-bond acceptors (Lipinski definition) is 2. The third-order valence-electron chi connectivity index (χ3n) is 4.83. The molecule has 3 heteroatoms. The van der Waals surface area contributed by atoms with E-state index in [9.17, 15) is 4.79 Å². The number of rotatable bonds is 5. The van der Waals surface area contributed by atoms with Gasteiger partial charge in [0.25, 0.3) is 0 Å². The molecular formula is C22H25NO2. The van der Waals surface area contributed by atoms with Gasteiger partial charge in [0.1, 0.15) is 5.75 Å². The number of amides is 1. The normalized spacial score (nSPS) is 15.5. The van der Waals surface area contributed by atoms with Crippen LogP contribution in [0.5, 0.6) is 5.75 Å². The van der Waals surface area contributed by atoms with E-state index in [-0.39, 0.29) is 5.91 Å². The highest BCUT2D eigenvalue weighted by Gasteiger charge is 2.21. The summed E-state index contributed by atoms with van der Waals surface area (Å²) in [7, 11) is 1.65. The molecule has 0 saturated carbocycles. The molecule has 1 aliphatic heterocycles.